The number of piperazine rings is 1. The predicted molar refractivity (Wildman–Crippen MR) is 113 cm³/mol. The van der Waals surface area contributed by atoms with Gasteiger partial charge >= 0.3 is 0 Å². The van der Waals surface area contributed by atoms with Gasteiger partial charge in [0, 0.05) is 43.1 Å². The third kappa shape index (κ3) is 4.39. The summed E-state index contributed by atoms with van der Waals surface area (Å²) in [6.07, 6.45) is 0.728. The highest BCUT2D eigenvalue weighted by Crippen LogP contribution is 2.31. The number of benzene rings is 2. The molecule has 3 rings (SSSR count). The van der Waals surface area contributed by atoms with E-state index in [9.17, 15) is 4.79 Å². The molecule has 1 aliphatic rings. The number of carbonyl (C=O) groups is 1. The van der Waals surface area contributed by atoms with Crippen molar-refractivity contribution in [3.05, 3.63) is 47.5 Å². The van der Waals surface area contributed by atoms with Crippen molar-refractivity contribution in [2.75, 3.05) is 57.7 Å². The first-order valence-electron chi connectivity index (χ1n) is 9.65. The van der Waals surface area contributed by atoms with E-state index in [0.717, 1.165) is 43.9 Å². The lowest BCUT2D eigenvalue weighted by atomic mass is 10.0. The van der Waals surface area contributed by atoms with Gasteiger partial charge in [0.1, 0.15) is 0 Å². The second-order valence-corrected chi connectivity index (χ2v) is 7.01. The molecule has 0 bridgehead atoms. The van der Waals surface area contributed by atoms with Gasteiger partial charge in [0.2, 0.25) is 0 Å². The summed E-state index contributed by atoms with van der Waals surface area (Å²) in [5.74, 6) is 1.04. The van der Waals surface area contributed by atoms with Crippen molar-refractivity contribution in [3.8, 4) is 11.5 Å². The molecule has 1 amide bonds. The lowest BCUT2D eigenvalue weighted by molar-refractivity contribution is 0.102. The number of aryl methyl sites for hydroxylation is 1. The molecular weight excluding hydrogens is 354 g/mol. The lowest BCUT2D eigenvalue weighted by Gasteiger charge is -2.34. The number of ether oxygens (including phenoxy) is 2. The van der Waals surface area contributed by atoms with Gasteiger partial charge in [-0.1, -0.05) is 6.92 Å². The average Bonchev–Trinajstić information content (AvgIpc) is 2.73. The summed E-state index contributed by atoms with van der Waals surface area (Å²) >= 11 is 0. The fraction of sp³-hybridized carbons (Fsp3) is 0.409. The lowest BCUT2D eigenvalue weighted by Crippen LogP contribution is -2.44. The monoisotopic (exact) mass is 383 g/mol. The van der Waals surface area contributed by atoms with Crippen molar-refractivity contribution in [1.82, 2.24) is 4.90 Å². The molecule has 0 saturated carbocycles. The van der Waals surface area contributed by atoms with Gasteiger partial charge in [-0.2, -0.15) is 0 Å². The second-order valence-electron chi connectivity index (χ2n) is 7.01. The molecule has 28 heavy (non-hydrogen) atoms. The summed E-state index contributed by atoms with van der Waals surface area (Å²) in [4.78, 5) is 17.6. The quantitative estimate of drug-likeness (QED) is 0.830. The van der Waals surface area contributed by atoms with E-state index in [1.165, 1.54) is 5.69 Å². The molecule has 0 atom stereocenters. The molecule has 150 valence electrons. The van der Waals surface area contributed by atoms with E-state index in [0.29, 0.717) is 17.1 Å². The number of rotatable bonds is 6. The summed E-state index contributed by atoms with van der Waals surface area (Å²) in [6.45, 7) is 6.19. The maximum atomic E-state index is 12.9. The topological polar surface area (TPSA) is 54.0 Å². The van der Waals surface area contributed by atoms with Gasteiger partial charge in [-0.15, -0.1) is 0 Å². The Kier molecular flexibility index (Phi) is 6.41. The highest BCUT2D eigenvalue weighted by molar-refractivity contribution is 6.05. The molecule has 1 saturated heterocycles. The van der Waals surface area contributed by atoms with Crippen LogP contribution in [-0.4, -0.2) is 58.3 Å². The molecule has 0 radical (unpaired) electrons. The van der Waals surface area contributed by atoms with Crippen molar-refractivity contribution >= 4 is 17.3 Å². The molecule has 0 spiro atoms. The van der Waals surface area contributed by atoms with Crippen molar-refractivity contribution in [2.24, 2.45) is 0 Å². The minimum atomic E-state index is -0.148. The highest BCUT2D eigenvalue weighted by Gasteiger charge is 2.17. The Morgan fingerprint density at radius 3 is 2.18 bits per heavy atom. The van der Waals surface area contributed by atoms with Crippen LogP contribution in [-0.2, 0) is 6.42 Å². The number of nitrogens with zero attached hydrogens (tertiary/aromatic N) is 2. The Morgan fingerprint density at radius 2 is 1.61 bits per heavy atom. The van der Waals surface area contributed by atoms with Crippen LogP contribution in [0.4, 0.5) is 11.4 Å². The minimum Gasteiger partial charge on any atom is -0.493 e. The zero-order valence-electron chi connectivity index (χ0n) is 17.1. The molecular formula is C22H29N3O3. The summed E-state index contributed by atoms with van der Waals surface area (Å²) in [5.41, 5.74) is 3.48. The number of carbonyl (C=O) groups excluding carboxylic acids is 1. The van der Waals surface area contributed by atoms with Crippen LogP contribution in [0.25, 0.3) is 0 Å². The van der Waals surface area contributed by atoms with E-state index < -0.39 is 0 Å². The Bertz CT molecular complexity index is 813. The number of anilines is 2. The predicted octanol–water partition coefficient (Wildman–Crippen LogP) is 3.27. The Morgan fingerprint density at radius 1 is 1.00 bits per heavy atom. The molecule has 1 aliphatic heterocycles. The molecule has 0 unspecified atom stereocenters. The van der Waals surface area contributed by atoms with Gasteiger partial charge < -0.3 is 24.6 Å². The van der Waals surface area contributed by atoms with Crippen LogP contribution in [0.2, 0.25) is 0 Å². The number of nitrogens with one attached hydrogen (secondary N) is 1. The van der Waals surface area contributed by atoms with Gasteiger partial charge in [-0.3, -0.25) is 4.79 Å². The van der Waals surface area contributed by atoms with Crippen molar-refractivity contribution in [1.29, 1.82) is 0 Å². The van der Waals surface area contributed by atoms with Gasteiger partial charge in [-0.25, -0.2) is 0 Å². The third-order valence-electron chi connectivity index (χ3n) is 5.23. The summed E-state index contributed by atoms with van der Waals surface area (Å²) in [7, 11) is 5.32. The summed E-state index contributed by atoms with van der Waals surface area (Å²) in [5, 5.41) is 3.00. The van der Waals surface area contributed by atoms with Crippen molar-refractivity contribution in [2.45, 2.75) is 13.3 Å². The van der Waals surface area contributed by atoms with E-state index in [4.69, 9.17) is 9.47 Å². The van der Waals surface area contributed by atoms with E-state index in [2.05, 4.69) is 34.3 Å². The smallest absolute Gasteiger partial charge is 0.256 e. The van der Waals surface area contributed by atoms with E-state index in [1.54, 1.807) is 20.3 Å². The van der Waals surface area contributed by atoms with Crippen molar-refractivity contribution < 1.29 is 14.3 Å². The first kappa shape index (κ1) is 20.0. The number of hydrogen-bond donors (Lipinski definition) is 1. The van der Waals surface area contributed by atoms with Crippen LogP contribution in [0.15, 0.2) is 36.4 Å². The maximum Gasteiger partial charge on any atom is 0.256 e. The van der Waals surface area contributed by atoms with Gasteiger partial charge in [0.05, 0.1) is 14.2 Å². The van der Waals surface area contributed by atoms with Crippen LogP contribution in [0.3, 0.4) is 0 Å². The average molecular weight is 383 g/mol. The Balaban J connectivity index is 1.74. The maximum absolute atomic E-state index is 12.9. The first-order valence-corrected chi connectivity index (χ1v) is 9.65. The summed E-state index contributed by atoms with van der Waals surface area (Å²) < 4.78 is 10.7. The van der Waals surface area contributed by atoms with Gasteiger partial charge in [-0.05, 0) is 55.4 Å². The normalized spacial score (nSPS) is 14.6. The number of methoxy groups -OCH3 is 2. The van der Waals surface area contributed by atoms with E-state index >= 15 is 0 Å². The highest BCUT2D eigenvalue weighted by atomic mass is 16.5. The second kappa shape index (κ2) is 8.97. The Hall–Kier alpha value is -2.73. The molecule has 0 aromatic heterocycles. The summed E-state index contributed by atoms with van der Waals surface area (Å²) in [6, 6.07) is 11.7. The minimum absolute atomic E-state index is 0.148. The van der Waals surface area contributed by atoms with Crippen LogP contribution in [0, 0.1) is 0 Å². The van der Waals surface area contributed by atoms with Gasteiger partial charge in [0.15, 0.2) is 11.5 Å². The Labute approximate surface area is 167 Å². The molecule has 2 aromatic carbocycles. The molecule has 1 heterocycles. The number of likely N-dealkylation sites (N-methyl/N-ethyl adjacent to an activating group) is 1. The third-order valence-corrected chi connectivity index (χ3v) is 5.23. The number of amides is 1. The standard InChI is InChI=1S/C22H29N3O3/c1-5-16-14-20(27-3)21(28-4)15-19(16)22(26)23-17-6-8-18(9-7-17)25-12-10-24(2)11-13-25/h6-9,14-15H,5,10-13H2,1-4H3,(H,23,26). The van der Waals surface area contributed by atoms with Crippen LogP contribution in [0.5, 0.6) is 11.5 Å². The van der Waals surface area contributed by atoms with E-state index in [1.807, 2.05) is 25.1 Å². The fourth-order valence-electron chi connectivity index (χ4n) is 3.44. The molecule has 1 N–H and O–H groups in total. The van der Waals surface area contributed by atoms with E-state index in [-0.39, 0.29) is 5.91 Å². The first-order chi connectivity index (χ1) is 13.5. The zero-order chi connectivity index (χ0) is 20.1. The zero-order valence-corrected chi connectivity index (χ0v) is 17.1. The SMILES string of the molecule is CCc1cc(OC)c(OC)cc1C(=O)Nc1ccc(N2CCN(C)CC2)cc1. The molecule has 2 aromatic rings. The van der Waals surface area contributed by atoms with Crippen molar-refractivity contribution in [3.63, 3.8) is 0 Å². The van der Waals surface area contributed by atoms with Crippen LogP contribution < -0.4 is 19.7 Å². The number of hydrogen-bond acceptors (Lipinski definition) is 5. The largest absolute Gasteiger partial charge is 0.493 e. The molecule has 6 nitrogen and oxygen atoms in total. The molecule has 6 heteroatoms. The fourth-order valence-corrected chi connectivity index (χ4v) is 3.44. The van der Waals surface area contributed by atoms with Gasteiger partial charge in [0.25, 0.3) is 5.91 Å². The molecule has 1 fully saturated rings. The van der Waals surface area contributed by atoms with Crippen LogP contribution >= 0.6 is 0 Å². The molecule has 0 aliphatic carbocycles. The van der Waals surface area contributed by atoms with Crippen LogP contribution in [0.1, 0.15) is 22.8 Å².